The molecule has 0 saturated heterocycles. The van der Waals surface area contributed by atoms with E-state index in [0.29, 0.717) is 30.2 Å². The molecule has 0 atom stereocenters. The molecule has 0 aliphatic heterocycles. The molecule has 0 heterocycles. The largest absolute Gasteiger partial charge is 0.494 e. The molecular weight excluding hydrogens is 242 g/mol. The molecule has 0 aliphatic rings. The van der Waals surface area contributed by atoms with Gasteiger partial charge in [-0.15, -0.1) is 0 Å². The molecule has 0 aromatic heterocycles. The second-order valence-electron chi connectivity index (χ2n) is 5.63. The Hall–Kier alpha value is -1.71. The van der Waals surface area contributed by atoms with Gasteiger partial charge in [0.1, 0.15) is 5.75 Å². The van der Waals surface area contributed by atoms with Crippen molar-refractivity contribution >= 4 is 11.7 Å². The summed E-state index contributed by atoms with van der Waals surface area (Å²) in [6.07, 6.45) is 0.937. The van der Waals surface area contributed by atoms with E-state index in [1.807, 2.05) is 0 Å². The summed E-state index contributed by atoms with van der Waals surface area (Å²) in [6.45, 7) is 9.16. The number of nitrogens with two attached hydrogens (primary N) is 1. The third kappa shape index (κ3) is 5.20. The second-order valence-corrected chi connectivity index (χ2v) is 5.63. The molecule has 4 nitrogen and oxygen atoms in total. The van der Waals surface area contributed by atoms with E-state index in [1.165, 1.54) is 0 Å². The first-order valence-electron chi connectivity index (χ1n) is 6.53. The van der Waals surface area contributed by atoms with Gasteiger partial charge in [0.2, 0.25) is 0 Å². The van der Waals surface area contributed by atoms with Gasteiger partial charge in [-0.25, -0.2) is 4.79 Å². The van der Waals surface area contributed by atoms with Gasteiger partial charge < -0.3 is 15.2 Å². The lowest BCUT2D eigenvalue weighted by Gasteiger charge is -2.18. The number of hydrogen-bond acceptors (Lipinski definition) is 4. The van der Waals surface area contributed by atoms with E-state index in [0.717, 1.165) is 6.42 Å². The van der Waals surface area contributed by atoms with Crippen molar-refractivity contribution in [2.45, 2.75) is 34.1 Å². The number of ether oxygens (including phenoxy) is 2. The lowest BCUT2D eigenvalue weighted by atomic mass is 9.93. The van der Waals surface area contributed by atoms with E-state index in [2.05, 4.69) is 20.8 Å². The zero-order valence-electron chi connectivity index (χ0n) is 12.2. The Morgan fingerprint density at radius 3 is 2.58 bits per heavy atom. The van der Waals surface area contributed by atoms with Crippen LogP contribution in [-0.2, 0) is 4.74 Å². The van der Waals surface area contributed by atoms with Crippen LogP contribution in [0.3, 0.4) is 0 Å². The number of carbonyl (C=O) groups excluding carboxylic acids is 1. The Morgan fingerprint density at radius 1 is 1.32 bits per heavy atom. The van der Waals surface area contributed by atoms with Crippen molar-refractivity contribution in [3.63, 3.8) is 0 Å². The van der Waals surface area contributed by atoms with E-state index in [1.54, 1.807) is 25.1 Å². The van der Waals surface area contributed by atoms with Crippen molar-refractivity contribution in [2.75, 3.05) is 18.9 Å². The van der Waals surface area contributed by atoms with Gasteiger partial charge in [-0.1, -0.05) is 20.8 Å². The molecule has 0 spiro atoms. The average Bonchev–Trinajstić information content (AvgIpc) is 2.30. The van der Waals surface area contributed by atoms with Crippen molar-refractivity contribution in [1.82, 2.24) is 0 Å². The van der Waals surface area contributed by atoms with Crippen LogP contribution in [0.15, 0.2) is 18.2 Å². The van der Waals surface area contributed by atoms with Crippen LogP contribution in [0.4, 0.5) is 5.69 Å². The number of esters is 1. The van der Waals surface area contributed by atoms with E-state index in [9.17, 15) is 4.79 Å². The smallest absolute Gasteiger partial charge is 0.340 e. The summed E-state index contributed by atoms with van der Waals surface area (Å²) in [5, 5.41) is 0. The van der Waals surface area contributed by atoms with Gasteiger partial charge in [0, 0.05) is 5.69 Å². The van der Waals surface area contributed by atoms with E-state index in [-0.39, 0.29) is 5.41 Å². The fourth-order valence-corrected chi connectivity index (χ4v) is 1.49. The van der Waals surface area contributed by atoms with E-state index in [4.69, 9.17) is 15.2 Å². The minimum Gasteiger partial charge on any atom is -0.494 e. The molecule has 0 unspecified atom stereocenters. The summed E-state index contributed by atoms with van der Waals surface area (Å²) in [4.78, 5) is 11.7. The van der Waals surface area contributed by atoms with Crippen molar-refractivity contribution < 1.29 is 14.3 Å². The molecule has 2 N–H and O–H groups in total. The van der Waals surface area contributed by atoms with E-state index < -0.39 is 5.97 Å². The topological polar surface area (TPSA) is 61.5 Å². The fourth-order valence-electron chi connectivity index (χ4n) is 1.49. The monoisotopic (exact) mass is 265 g/mol. The molecule has 1 aromatic carbocycles. The Kier molecular flexibility index (Phi) is 5.21. The van der Waals surface area contributed by atoms with Crippen molar-refractivity contribution in [3.05, 3.63) is 23.8 Å². The highest BCUT2D eigenvalue weighted by atomic mass is 16.5. The highest BCUT2D eigenvalue weighted by Crippen LogP contribution is 2.23. The standard InChI is InChI=1S/C15H23NO3/c1-5-18-14(17)12-10-11(6-7-13(12)16)19-9-8-15(2,3)4/h6-7,10H,5,8-9,16H2,1-4H3. The molecule has 0 bridgehead atoms. The molecular formula is C15H23NO3. The summed E-state index contributed by atoms with van der Waals surface area (Å²) < 4.78 is 10.6. The van der Waals surface area contributed by atoms with E-state index >= 15 is 0 Å². The van der Waals surface area contributed by atoms with Crippen LogP contribution in [0, 0.1) is 5.41 Å². The lowest BCUT2D eigenvalue weighted by molar-refractivity contribution is 0.0527. The van der Waals surface area contributed by atoms with Gasteiger partial charge in [-0.3, -0.25) is 0 Å². The summed E-state index contributed by atoms with van der Waals surface area (Å²) in [7, 11) is 0. The third-order valence-electron chi connectivity index (χ3n) is 2.64. The summed E-state index contributed by atoms with van der Waals surface area (Å²) in [6, 6.07) is 5.06. The minimum absolute atomic E-state index is 0.220. The van der Waals surface area contributed by atoms with Gasteiger partial charge in [-0.05, 0) is 37.0 Å². The number of carbonyl (C=O) groups is 1. The summed E-state index contributed by atoms with van der Waals surface area (Å²) >= 11 is 0. The maximum atomic E-state index is 11.7. The average molecular weight is 265 g/mol. The third-order valence-corrected chi connectivity index (χ3v) is 2.64. The first-order valence-corrected chi connectivity index (χ1v) is 6.53. The molecule has 1 aromatic rings. The lowest BCUT2D eigenvalue weighted by Crippen LogP contribution is -2.12. The molecule has 0 amide bonds. The van der Waals surface area contributed by atoms with Gasteiger partial charge in [0.15, 0.2) is 0 Å². The van der Waals surface area contributed by atoms with Gasteiger partial charge >= 0.3 is 5.97 Å². The van der Waals surface area contributed by atoms with Crippen LogP contribution in [0.1, 0.15) is 44.5 Å². The Bertz CT molecular complexity index is 436. The Balaban J connectivity index is 2.71. The predicted octanol–water partition coefficient (Wildman–Crippen LogP) is 3.26. The molecule has 0 radical (unpaired) electrons. The summed E-state index contributed by atoms with van der Waals surface area (Å²) in [5.74, 6) is 0.225. The van der Waals surface area contributed by atoms with Crippen LogP contribution in [-0.4, -0.2) is 19.2 Å². The molecule has 1 rings (SSSR count). The summed E-state index contributed by atoms with van der Waals surface area (Å²) in [5.41, 5.74) is 6.74. The maximum Gasteiger partial charge on any atom is 0.340 e. The molecule has 0 fully saturated rings. The minimum atomic E-state index is -0.415. The van der Waals surface area contributed by atoms with Crippen molar-refractivity contribution in [2.24, 2.45) is 5.41 Å². The molecule has 19 heavy (non-hydrogen) atoms. The fraction of sp³-hybridized carbons (Fsp3) is 0.533. The second kappa shape index (κ2) is 6.45. The zero-order valence-corrected chi connectivity index (χ0v) is 12.2. The van der Waals surface area contributed by atoms with Crippen LogP contribution in [0.2, 0.25) is 0 Å². The zero-order chi connectivity index (χ0) is 14.5. The van der Waals surface area contributed by atoms with Gasteiger partial charge in [0.25, 0.3) is 0 Å². The van der Waals surface area contributed by atoms with Gasteiger partial charge in [0.05, 0.1) is 18.8 Å². The van der Waals surface area contributed by atoms with Crippen molar-refractivity contribution in [1.29, 1.82) is 0 Å². The first-order chi connectivity index (χ1) is 8.83. The van der Waals surface area contributed by atoms with Gasteiger partial charge in [-0.2, -0.15) is 0 Å². The number of hydrogen-bond donors (Lipinski definition) is 1. The number of nitrogen functional groups attached to an aromatic ring is 1. The molecule has 4 heteroatoms. The molecule has 0 aliphatic carbocycles. The number of benzene rings is 1. The maximum absolute atomic E-state index is 11.7. The molecule has 106 valence electrons. The van der Waals surface area contributed by atoms with Crippen molar-refractivity contribution in [3.8, 4) is 5.75 Å². The number of anilines is 1. The SMILES string of the molecule is CCOC(=O)c1cc(OCCC(C)(C)C)ccc1N. The number of rotatable bonds is 5. The predicted molar refractivity (Wildman–Crippen MR) is 76.4 cm³/mol. The van der Waals surface area contributed by atoms with Crippen LogP contribution in [0.25, 0.3) is 0 Å². The normalized spacial score (nSPS) is 11.2. The first kappa shape index (κ1) is 15.3. The van der Waals surface area contributed by atoms with Crippen LogP contribution in [0.5, 0.6) is 5.75 Å². The Labute approximate surface area is 114 Å². The quantitative estimate of drug-likeness (QED) is 0.655. The molecule has 0 saturated carbocycles. The Morgan fingerprint density at radius 2 is 2.00 bits per heavy atom. The highest BCUT2D eigenvalue weighted by molar-refractivity contribution is 5.95. The van der Waals surface area contributed by atoms with Crippen LogP contribution >= 0.6 is 0 Å². The van der Waals surface area contributed by atoms with Crippen LogP contribution < -0.4 is 10.5 Å². The highest BCUT2D eigenvalue weighted by Gasteiger charge is 2.13.